The van der Waals surface area contributed by atoms with Crippen LogP contribution in [0, 0.1) is 0 Å². The molecule has 15 heavy (non-hydrogen) atoms. The molecular formula is C11H17NO3. The molecule has 0 aromatic rings. The molecule has 4 nitrogen and oxygen atoms in total. The number of nitrogens with two attached hydrogens (primary N) is 1. The molecule has 0 aromatic carbocycles. The molecule has 0 aromatic heterocycles. The van der Waals surface area contributed by atoms with E-state index in [2.05, 4.69) is 0 Å². The highest BCUT2D eigenvalue weighted by atomic mass is 16.4. The van der Waals surface area contributed by atoms with Crippen molar-refractivity contribution in [3.63, 3.8) is 0 Å². The van der Waals surface area contributed by atoms with Gasteiger partial charge in [-0.05, 0) is 6.92 Å². The van der Waals surface area contributed by atoms with Crippen molar-refractivity contribution in [2.24, 2.45) is 5.73 Å². The summed E-state index contributed by atoms with van der Waals surface area (Å²) in [6, 6.07) is -1.02. The number of rotatable bonds is 6. The van der Waals surface area contributed by atoms with Crippen molar-refractivity contribution in [3.05, 3.63) is 36.5 Å². The second kappa shape index (κ2) is 7.96. The molecule has 2 atom stereocenters. The topological polar surface area (TPSA) is 83.5 Å². The lowest BCUT2D eigenvalue weighted by atomic mass is 10.1. The lowest BCUT2D eigenvalue weighted by Crippen LogP contribution is -2.33. The number of aliphatic hydroxyl groups is 1. The first-order valence-electron chi connectivity index (χ1n) is 4.70. The van der Waals surface area contributed by atoms with Crippen molar-refractivity contribution >= 4 is 5.97 Å². The summed E-state index contributed by atoms with van der Waals surface area (Å²) in [5, 5.41) is 17.8. The van der Waals surface area contributed by atoms with Gasteiger partial charge in [0.15, 0.2) is 0 Å². The summed E-state index contributed by atoms with van der Waals surface area (Å²) in [5.41, 5.74) is 5.25. The average molecular weight is 211 g/mol. The van der Waals surface area contributed by atoms with Gasteiger partial charge in [-0.2, -0.15) is 0 Å². The normalized spacial score (nSPS) is 16.5. The van der Waals surface area contributed by atoms with Gasteiger partial charge in [-0.25, -0.2) is 0 Å². The Balaban J connectivity index is 3.92. The lowest BCUT2D eigenvalue weighted by molar-refractivity contribution is -0.139. The van der Waals surface area contributed by atoms with E-state index >= 15 is 0 Å². The number of allylic oxidation sites excluding steroid dienone is 5. The van der Waals surface area contributed by atoms with Crippen LogP contribution in [0.3, 0.4) is 0 Å². The van der Waals surface area contributed by atoms with E-state index in [9.17, 15) is 9.90 Å². The predicted octanol–water partition coefficient (Wildman–Crippen LogP) is 0.838. The van der Waals surface area contributed by atoms with Gasteiger partial charge < -0.3 is 15.9 Å². The molecule has 0 saturated carbocycles. The molecule has 0 rings (SSSR count). The van der Waals surface area contributed by atoms with Gasteiger partial charge in [0, 0.05) is 6.42 Å². The van der Waals surface area contributed by atoms with E-state index in [4.69, 9.17) is 10.8 Å². The molecule has 4 N–H and O–H groups in total. The van der Waals surface area contributed by atoms with Crippen LogP contribution in [0.4, 0.5) is 0 Å². The molecule has 0 bridgehead atoms. The van der Waals surface area contributed by atoms with Crippen LogP contribution >= 0.6 is 0 Å². The Morgan fingerprint density at radius 1 is 1.33 bits per heavy atom. The first-order chi connectivity index (χ1) is 7.07. The first kappa shape index (κ1) is 13.6. The largest absolute Gasteiger partial charge is 0.480 e. The minimum Gasteiger partial charge on any atom is -0.480 e. The fourth-order valence-electron chi connectivity index (χ4n) is 0.871. The Bertz CT molecular complexity index is 269. The molecule has 2 unspecified atom stereocenters. The minimum absolute atomic E-state index is 0.0172. The van der Waals surface area contributed by atoms with Crippen LogP contribution in [0.1, 0.15) is 13.3 Å². The Labute approximate surface area is 89.4 Å². The zero-order chi connectivity index (χ0) is 11.7. The maximum atomic E-state index is 10.4. The maximum Gasteiger partial charge on any atom is 0.320 e. The number of hydrogen-bond acceptors (Lipinski definition) is 3. The monoisotopic (exact) mass is 211 g/mol. The number of aliphatic carboxylic acids is 1. The molecule has 0 saturated heterocycles. The SMILES string of the molecule is C\C=C/C=C\C=C\C(O)CC(N)C(=O)O. The molecule has 4 heteroatoms. The molecule has 84 valence electrons. The molecule has 0 amide bonds. The summed E-state index contributed by atoms with van der Waals surface area (Å²) >= 11 is 0. The standard InChI is InChI=1S/C11H17NO3/c1-2-3-4-5-6-7-9(13)8-10(12)11(14)15/h2-7,9-10,13H,8,12H2,1H3,(H,14,15)/b3-2-,5-4-,7-6+. The first-order valence-corrected chi connectivity index (χ1v) is 4.70. The van der Waals surface area contributed by atoms with Crippen LogP contribution in [0.2, 0.25) is 0 Å². The molecular weight excluding hydrogens is 194 g/mol. The van der Waals surface area contributed by atoms with Crippen LogP contribution in [-0.4, -0.2) is 28.3 Å². The van der Waals surface area contributed by atoms with E-state index < -0.39 is 18.1 Å². The highest BCUT2D eigenvalue weighted by Crippen LogP contribution is 1.98. The third-order valence-corrected chi connectivity index (χ3v) is 1.67. The molecule has 0 heterocycles. The van der Waals surface area contributed by atoms with Gasteiger partial charge >= 0.3 is 5.97 Å². The summed E-state index contributed by atoms with van der Waals surface area (Å²) in [7, 11) is 0. The zero-order valence-corrected chi connectivity index (χ0v) is 8.71. The predicted molar refractivity (Wildman–Crippen MR) is 59.3 cm³/mol. The van der Waals surface area contributed by atoms with Gasteiger partial charge in [-0.15, -0.1) is 0 Å². The number of hydrogen-bond donors (Lipinski definition) is 3. The van der Waals surface area contributed by atoms with Gasteiger partial charge in [0.1, 0.15) is 6.04 Å². The summed E-state index contributed by atoms with van der Waals surface area (Å²) in [6.45, 7) is 1.90. The summed E-state index contributed by atoms with van der Waals surface area (Å²) in [4.78, 5) is 10.4. The minimum atomic E-state index is -1.10. The molecule has 0 spiro atoms. The Morgan fingerprint density at radius 2 is 1.93 bits per heavy atom. The second-order valence-corrected chi connectivity index (χ2v) is 3.04. The summed E-state index contributed by atoms with van der Waals surface area (Å²) in [6.07, 6.45) is 9.62. The van der Waals surface area contributed by atoms with E-state index in [0.717, 1.165) is 0 Å². The highest BCUT2D eigenvalue weighted by Gasteiger charge is 2.14. The average Bonchev–Trinajstić information content (AvgIpc) is 2.17. The second-order valence-electron chi connectivity index (χ2n) is 3.04. The molecule has 0 aliphatic carbocycles. The van der Waals surface area contributed by atoms with Gasteiger partial charge in [0.2, 0.25) is 0 Å². The Morgan fingerprint density at radius 3 is 2.47 bits per heavy atom. The van der Waals surface area contributed by atoms with Crippen LogP contribution in [0.15, 0.2) is 36.5 Å². The van der Waals surface area contributed by atoms with Crippen molar-refractivity contribution in [1.82, 2.24) is 0 Å². The third-order valence-electron chi connectivity index (χ3n) is 1.67. The fourth-order valence-corrected chi connectivity index (χ4v) is 0.871. The fraction of sp³-hybridized carbons (Fsp3) is 0.364. The number of aliphatic hydroxyl groups excluding tert-OH is 1. The lowest BCUT2D eigenvalue weighted by Gasteiger charge is -2.08. The number of carbonyl (C=O) groups is 1. The van der Waals surface area contributed by atoms with Crippen molar-refractivity contribution in [2.45, 2.75) is 25.5 Å². The van der Waals surface area contributed by atoms with E-state index in [1.807, 2.05) is 19.1 Å². The summed E-state index contributed by atoms with van der Waals surface area (Å²) in [5.74, 6) is -1.10. The molecule has 0 radical (unpaired) electrons. The van der Waals surface area contributed by atoms with Crippen molar-refractivity contribution in [1.29, 1.82) is 0 Å². The zero-order valence-electron chi connectivity index (χ0n) is 8.71. The van der Waals surface area contributed by atoms with E-state index in [1.165, 1.54) is 6.08 Å². The van der Waals surface area contributed by atoms with E-state index in [1.54, 1.807) is 18.2 Å². The highest BCUT2D eigenvalue weighted by molar-refractivity contribution is 5.73. The van der Waals surface area contributed by atoms with Gasteiger partial charge in [0.25, 0.3) is 0 Å². The quantitative estimate of drug-likeness (QED) is 0.568. The van der Waals surface area contributed by atoms with Crippen LogP contribution in [0.5, 0.6) is 0 Å². The Kier molecular flexibility index (Phi) is 7.23. The number of carboxylic acids is 1. The van der Waals surface area contributed by atoms with Gasteiger partial charge in [-0.3, -0.25) is 4.79 Å². The van der Waals surface area contributed by atoms with Gasteiger partial charge in [0.05, 0.1) is 6.10 Å². The van der Waals surface area contributed by atoms with Crippen LogP contribution in [0.25, 0.3) is 0 Å². The van der Waals surface area contributed by atoms with Crippen LogP contribution in [-0.2, 0) is 4.79 Å². The van der Waals surface area contributed by atoms with E-state index in [-0.39, 0.29) is 6.42 Å². The molecule has 0 aliphatic heterocycles. The Hall–Kier alpha value is -1.39. The van der Waals surface area contributed by atoms with E-state index in [0.29, 0.717) is 0 Å². The number of carboxylic acid groups (broad SMARTS) is 1. The smallest absolute Gasteiger partial charge is 0.320 e. The van der Waals surface area contributed by atoms with Crippen molar-refractivity contribution < 1.29 is 15.0 Å². The third kappa shape index (κ3) is 7.66. The maximum absolute atomic E-state index is 10.4. The summed E-state index contributed by atoms with van der Waals surface area (Å²) < 4.78 is 0. The van der Waals surface area contributed by atoms with Crippen molar-refractivity contribution in [3.8, 4) is 0 Å². The molecule has 0 aliphatic rings. The van der Waals surface area contributed by atoms with Gasteiger partial charge in [-0.1, -0.05) is 36.5 Å². The van der Waals surface area contributed by atoms with Crippen molar-refractivity contribution in [2.75, 3.05) is 0 Å². The van der Waals surface area contributed by atoms with Crippen LogP contribution < -0.4 is 5.73 Å². The molecule has 0 fully saturated rings.